The second-order valence-corrected chi connectivity index (χ2v) is 3.18. The third kappa shape index (κ3) is 1.86. The number of aryl methyl sites for hydroxylation is 1. The highest BCUT2D eigenvalue weighted by molar-refractivity contribution is 6.34. The first-order valence-corrected chi connectivity index (χ1v) is 4.26. The standard InChI is InChI=1S/C10H8ClNO2/c1-6-3-7(5-12)9(8(11)4-6)10(13)14-2/h3-4H,1-2H3. The Hall–Kier alpha value is -1.53. The van der Waals surface area contributed by atoms with Gasteiger partial charge in [-0.2, -0.15) is 5.26 Å². The molecule has 0 saturated carbocycles. The summed E-state index contributed by atoms with van der Waals surface area (Å²) < 4.78 is 4.52. The van der Waals surface area contributed by atoms with Gasteiger partial charge < -0.3 is 4.74 Å². The molecule has 1 rings (SSSR count). The van der Waals surface area contributed by atoms with E-state index in [0.717, 1.165) is 5.56 Å². The molecule has 0 aliphatic carbocycles. The predicted octanol–water partition coefficient (Wildman–Crippen LogP) is 2.31. The fraction of sp³-hybridized carbons (Fsp3) is 0.200. The van der Waals surface area contributed by atoms with Crippen LogP contribution in [0.4, 0.5) is 0 Å². The Bertz CT molecular complexity index is 421. The van der Waals surface area contributed by atoms with Crippen LogP contribution in [0, 0.1) is 18.3 Å². The maximum atomic E-state index is 11.3. The molecule has 0 aliphatic rings. The third-order valence-electron chi connectivity index (χ3n) is 1.74. The maximum Gasteiger partial charge on any atom is 0.340 e. The number of hydrogen-bond acceptors (Lipinski definition) is 3. The minimum atomic E-state index is -0.591. The Morgan fingerprint density at radius 3 is 2.71 bits per heavy atom. The summed E-state index contributed by atoms with van der Waals surface area (Å²) in [6.07, 6.45) is 0. The summed E-state index contributed by atoms with van der Waals surface area (Å²) in [6.45, 7) is 1.80. The maximum absolute atomic E-state index is 11.3. The van der Waals surface area contributed by atoms with Crippen molar-refractivity contribution in [3.8, 4) is 6.07 Å². The fourth-order valence-electron chi connectivity index (χ4n) is 1.14. The molecule has 0 saturated heterocycles. The smallest absolute Gasteiger partial charge is 0.340 e. The van der Waals surface area contributed by atoms with Crippen LogP contribution in [0.25, 0.3) is 0 Å². The van der Waals surface area contributed by atoms with E-state index in [0.29, 0.717) is 0 Å². The molecule has 1 aromatic rings. The summed E-state index contributed by atoms with van der Waals surface area (Å²) in [4.78, 5) is 11.3. The Labute approximate surface area is 86.9 Å². The van der Waals surface area contributed by atoms with Crippen LogP contribution >= 0.6 is 11.6 Å². The molecule has 0 atom stereocenters. The normalized spacial score (nSPS) is 9.29. The monoisotopic (exact) mass is 209 g/mol. The van der Waals surface area contributed by atoms with Gasteiger partial charge >= 0.3 is 5.97 Å². The van der Waals surface area contributed by atoms with Crippen LogP contribution in [-0.2, 0) is 4.74 Å². The SMILES string of the molecule is COC(=O)c1c(Cl)cc(C)cc1C#N. The molecule has 1 aromatic carbocycles. The molecule has 72 valence electrons. The first kappa shape index (κ1) is 10.6. The molecule has 0 heterocycles. The van der Waals surface area contributed by atoms with E-state index in [4.69, 9.17) is 16.9 Å². The topological polar surface area (TPSA) is 50.1 Å². The van der Waals surface area contributed by atoms with E-state index in [1.165, 1.54) is 7.11 Å². The van der Waals surface area contributed by atoms with Gasteiger partial charge in [0.05, 0.1) is 23.3 Å². The number of nitriles is 1. The molecule has 0 amide bonds. The van der Waals surface area contributed by atoms with Crippen molar-refractivity contribution in [2.45, 2.75) is 6.92 Å². The minimum absolute atomic E-state index is 0.127. The van der Waals surface area contributed by atoms with Crippen LogP contribution in [0.1, 0.15) is 21.5 Å². The lowest BCUT2D eigenvalue weighted by molar-refractivity contribution is 0.0600. The van der Waals surface area contributed by atoms with Gasteiger partial charge in [-0.05, 0) is 24.6 Å². The van der Waals surface area contributed by atoms with E-state index < -0.39 is 5.97 Å². The highest BCUT2D eigenvalue weighted by atomic mass is 35.5. The lowest BCUT2D eigenvalue weighted by Gasteiger charge is -2.05. The van der Waals surface area contributed by atoms with Crippen LogP contribution in [-0.4, -0.2) is 13.1 Å². The van der Waals surface area contributed by atoms with Crippen LogP contribution < -0.4 is 0 Å². The lowest BCUT2D eigenvalue weighted by Crippen LogP contribution is -2.05. The molecule has 0 unspecified atom stereocenters. The second-order valence-electron chi connectivity index (χ2n) is 2.77. The highest BCUT2D eigenvalue weighted by Crippen LogP contribution is 2.22. The summed E-state index contributed by atoms with van der Waals surface area (Å²) >= 11 is 5.84. The summed E-state index contributed by atoms with van der Waals surface area (Å²) in [5.74, 6) is -0.591. The molecule has 0 aliphatic heterocycles. The van der Waals surface area contributed by atoms with E-state index in [9.17, 15) is 4.79 Å². The number of halogens is 1. The van der Waals surface area contributed by atoms with Gasteiger partial charge in [0.15, 0.2) is 0 Å². The molecular formula is C10H8ClNO2. The summed E-state index contributed by atoms with van der Waals surface area (Å²) in [5, 5.41) is 9.04. The number of nitrogens with zero attached hydrogens (tertiary/aromatic N) is 1. The van der Waals surface area contributed by atoms with Gasteiger partial charge in [0.25, 0.3) is 0 Å². The molecule has 0 spiro atoms. The highest BCUT2D eigenvalue weighted by Gasteiger charge is 2.16. The van der Waals surface area contributed by atoms with Crippen LogP contribution in [0.15, 0.2) is 12.1 Å². The quantitative estimate of drug-likeness (QED) is 0.667. The van der Waals surface area contributed by atoms with Gasteiger partial charge in [-0.1, -0.05) is 11.6 Å². The summed E-state index contributed by atoms with van der Waals surface area (Å²) in [6, 6.07) is 5.12. The Balaban J connectivity index is 3.42. The molecule has 0 bridgehead atoms. The number of benzene rings is 1. The van der Waals surface area contributed by atoms with Crippen molar-refractivity contribution in [2.24, 2.45) is 0 Å². The van der Waals surface area contributed by atoms with Gasteiger partial charge in [-0.15, -0.1) is 0 Å². The van der Waals surface area contributed by atoms with E-state index in [1.54, 1.807) is 19.1 Å². The zero-order valence-corrected chi connectivity index (χ0v) is 8.55. The van der Waals surface area contributed by atoms with Crippen molar-refractivity contribution in [2.75, 3.05) is 7.11 Å². The summed E-state index contributed by atoms with van der Waals surface area (Å²) in [5.41, 5.74) is 1.20. The van der Waals surface area contributed by atoms with Gasteiger partial charge in [0.2, 0.25) is 0 Å². The number of ether oxygens (including phenoxy) is 1. The van der Waals surface area contributed by atoms with E-state index in [-0.39, 0.29) is 16.1 Å². The minimum Gasteiger partial charge on any atom is -0.465 e. The number of esters is 1. The van der Waals surface area contributed by atoms with Gasteiger partial charge in [0.1, 0.15) is 6.07 Å². The van der Waals surface area contributed by atoms with Gasteiger partial charge in [-0.25, -0.2) is 4.79 Å². The first-order chi connectivity index (χ1) is 6.60. The van der Waals surface area contributed by atoms with Crippen molar-refractivity contribution >= 4 is 17.6 Å². The third-order valence-corrected chi connectivity index (χ3v) is 2.04. The zero-order valence-electron chi connectivity index (χ0n) is 7.80. The van der Waals surface area contributed by atoms with Crippen LogP contribution in [0.5, 0.6) is 0 Å². The van der Waals surface area contributed by atoms with Gasteiger partial charge in [-0.3, -0.25) is 0 Å². The average Bonchev–Trinajstić information content (AvgIpc) is 2.15. The van der Waals surface area contributed by atoms with Crippen molar-refractivity contribution in [3.05, 3.63) is 33.8 Å². The second kappa shape index (κ2) is 4.12. The van der Waals surface area contributed by atoms with Gasteiger partial charge in [0, 0.05) is 0 Å². The molecule has 14 heavy (non-hydrogen) atoms. The molecular weight excluding hydrogens is 202 g/mol. The molecule has 0 fully saturated rings. The molecule has 3 nitrogen and oxygen atoms in total. The van der Waals surface area contributed by atoms with E-state index in [1.807, 2.05) is 6.07 Å². The molecule has 0 aromatic heterocycles. The molecule has 0 radical (unpaired) electrons. The number of carbonyl (C=O) groups excluding carboxylic acids is 1. The lowest BCUT2D eigenvalue weighted by atomic mass is 10.1. The first-order valence-electron chi connectivity index (χ1n) is 3.88. The van der Waals surface area contributed by atoms with Crippen molar-refractivity contribution < 1.29 is 9.53 Å². The average molecular weight is 210 g/mol. The molecule has 4 heteroatoms. The molecule has 0 N–H and O–H groups in total. The van der Waals surface area contributed by atoms with Crippen LogP contribution in [0.2, 0.25) is 5.02 Å². The van der Waals surface area contributed by atoms with Crippen molar-refractivity contribution in [1.82, 2.24) is 0 Å². The Morgan fingerprint density at radius 2 is 2.21 bits per heavy atom. The van der Waals surface area contributed by atoms with Crippen molar-refractivity contribution in [1.29, 1.82) is 5.26 Å². The number of hydrogen-bond donors (Lipinski definition) is 0. The number of carbonyl (C=O) groups is 1. The zero-order chi connectivity index (χ0) is 10.7. The van der Waals surface area contributed by atoms with Crippen LogP contribution in [0.3, 0.4) is 0 Å². The van der Waals surface area contributed by atoms with E-state index >= 15 is 0 Å². The number of rotatable bonds is 1. The summed E-state index contributed by atoms with van der Waals surface area (Å²) in [7, 11) is 1.25. The Morgan fingerprint density at radius 1 is 1.57 bits per heavy atom. The number of methoxy groups -OCH3 is 1. The Kier molecular flexibility index (Phi) is 3.10. The largest absolute Gasteiger partial charge is 0.465 e. The predicted molar refractivity (Wildman–Crippen MR) is 52.2 cm³/mol. The van der Waals surface area contributed by atoms with E-state index in [2.05, 4.69) is 4.74 Å². The van der Waals surface area contributed by atoms with Crippen molar-refractivity contribution in [3.63, 3.8) is 0 Å². The fourth-order valence-corrected chi connectivity index (χ4v) is 1.49.